The van der Waals surface area contributed by atoms with E-state index in [4.69, 9.17) is 19.1 Å². The molecule has 0 aromatic heterocycles. The third kappa shape index (κ3) is 40.4. The fourth-order valence-corrected chi connectivity index (χ4v) is 6.50. The van der Waals surface area contributed by atoms with E-state index >= 15 is 0 Å². The van der Waals surface area contributed by atoms with Gasteiger partial charge in [0.1, 0.15) is 12.7 Å². The van der Waals surface area contributed by atoms with Crippen LogP contribution in [0.5, 0.6) is 0 Å². The fraction of sp³-hybridized carbons (Fsp3) is 0.739. The number of aliphatic hydroxyl groups excluding tert-OH is 3. The highest BCUT2D eigenvalue weighted by molar-refractivity contribution is 7.47. The molecule has 12 heteroatoms. The van der Waals surface area contributed by atoms with Crippen LogP contribution in [0.4, 0.5) is 0 Å². The Kier molecular flexibility index (Phi) is 39.7. The van der Waals surface area contributed by atoms with Crippen LogP contribution in [0.1, 0.15) is 174 Å². The van der Waals surface area contributed by atoms with Crippen LogP contribution in [-0.4, -0.2) is 76.9 Å². The van der Waals surface area contributed by atoms with Crippen LogP contribution in [0.3, 0.4) is 0 Å². The first-order valence-corrected chi connectivity index (χ1v) is 23.8. The number of ether oxygens (including phenoxy) is 2. The van der Waals surface area contributed by atoms with E-state index in [1.165, 1.54) is 83.5 Å². The van der Waals surface area contributed by atoms with Crippen molar-refractivity contribution in [1.29, 1.82) is 0 Å². The summed E-state index contributed by atoms with van der Waals surface area (Å²) in [6, 6.07) is 0. The SMILES string of the molecule is CCCCC/C=C\C[C@H](O)/C=C/C=C\C/C=C\CCCC(=O)O[C@H](COC(=O)CCCCCCCCC/C=C\CCCCCCCC)COP(=O)(O)OC[C@@H](O)CO. The van der Waals surface area contributed by atoms with Crippen LogP contribution in [0, 0.1) is 0 Å². The number of hydrogen-bond acceptors (Lipinski definition) is 10. The lowest BCUT2D eigenvalue weighted by molar-refractivity contribution is -0.161. The van der Waals surface area contributed by atoms with Crippen LogP contribution in [-0.2, 0) is 32.7 Å². The maximum absolute atomic E-state index is 12.6. The number of rotatable bonds is 41. The second kappa shape index (κ2) is 41.4. The molecule has 0 saturated carbocycles. The Bertz CT molecular complexity index is 1170. The van der Waals surface area contributed by atoms with Gasteiger partial charge in [0.25, 0.3) is 0 Å². The van der Waals surface area contributed by atoms with E-state index in [1.54, 1.807) is 6.08 Å². The monoisotopic (exact) mass is 841 g/mol. The van der Waals surface area contributed by atoms with E-state index in [9.17, 15) is 29.3 Å². The average molecular weight is 841 g/mol. The second-order valence-corrected chi connectivity index (χ2v) is 16.4. The number of phosphoric ester groups is 1. The van der Waals surface area contributed by atoms with Crippen molar-refractivity contribution in [3.63, 3.8) is 0 Å². The van der Waals surface area contributed by atoms with Crippen molar-refractivity contribution in [3.05, 3.63) is 60.8 Å². The number of phosphoric acid groups is 1. The Morgan fingerprint density at radius 2 is 1.10 bits per heavy atom. The number of unbranched alkanes of at least 4 members (excludes halogenated alkanes) is 17. The molecule has 0 rings (SSSR count). The molecule has 0 saturated heterocycles. The van der Waals surface area contributed by atoms with E-state index in [0.717, 1.165) is 32.1 Å². The zero-order valence-corrected chi connectivity index (χ0v) is 37.0. The quantitative estimate of drug-likeness (QED) is 0.0152. The molecule has 4 N–H and O–H groups in total. The molecule has 0 aromatic carbocycles. The molecule has 0 radical (unpaired) electrons. The normalized spacial score (nSPS) is 14.9. The summed E-state index contributed by atoms with van der Waals surface area (Å²) in [5.41, 5.74) is 0. The molecule has 0 bridgehead atoms. The fourth-order valence-electron chi connectivity index (χ4n) is 5.71. The van der Waals surface area contributed by atoms with Gasteiger partial charge in [-0.3, -0.25) is 18.6 Å². The number of allylic oxidation sites excluding steroid dienone is 8. The Morgan fingerprint density at radius 3 is 1.76 bits per heavy atom. The Morgan fingerprint density at radius 1 is 0.586 bits per heavy atom. The topological polar surface area (TPSA) is 169 Å². The molecule has 0 aliphatic heterocycles. The average Bonchev–Trinajstić information content (AvgIpc) is 3.21. The van der Waals surface area contributed by atoms with Crippen molar-refractivity contribution in [2.45, 2.75) is 193 Å². The third-order valence-corrected chi connectivity index (χ3v) is 10.2. The van der Waals surface area contributed by atoms with Crippen LogP contribution < -0.4 is 0 Å². The van der Waals surface area contributed by atoms with Crippen molar-refractivity contribution < 1.29 is 52.9 Å². The molecule has 0 aliphatic rings. The molecule has 58 heavy (non-hydrogen) atoms. The van der Waals surface area contributed by atoms with Gasteiger partial charge in [-0.2, -0.15) is 0 Å². The minimum atomic E-state index is -4.65. The maximum atomic E-state index is 12.6. The molecule has 0 amide bonds. The summed E-state index contributed by atoms with van der Waals surface area (Å²) in [6.07, 6.45) is 42.2. The number of esters is 2. The highest BCUT2D eigenvalue weighted by Crippen LogP contribution is 2.43. The summed E-state index contributed by atoms with van der Waals surface area (Å²) in [6.45, 7) is 2.18. The van der Waals surface area contributed by atoms with Crippen molar-refractivity contribution in [2.75, 3.05) is 26.4 Å². The van der Waals surface area contributed by atoms with Gasteiger partial charge in [-0.25, -0.2) is 4.57 Å². The molecule has 4 atom stereocenters. The highest BCUT2D eigenvalue weighted by atomic mass is 31.2. The molecule has 0 fully saturated rings. The van der Waals surface area contributed by atoms with E-state index in [-0.39, 0.29) is 19.4 Å². The first kappa shape index (κ1) is 55.6. The van der Waals surface area contributed by atoms with E-state index < -0.39 is 57.9 Å². The summed E-state index contributed by atoms with van der Waals surface area (Å²) in [7, 11) is -4.65. The predicted molar refractivity (Wildman–Crippen MR) is 234 cm³/mol. The molecule has 0 aromatic rings. The van der Waals surface area contributed by atoms with Gasteiger partial charge in [0, 0.05) is 12.8 Å². The van der Waals surface area contributed by atoms with Gasteiger partial charge in [0.2, 0.25) is 0 Å². The molecular weight excluding hydrogens is 759 g/mol. The minimum Gasteiger partial charge on any atom is -0.462 e. The lowest BCUT2D eigenvalue weighted by atomic mass is 10.1. The van der Waals surface area contributed by atoms with Crippen LogP contribution in [0.15, 0.2) is 60.8 Å². The van der Waals surface area contributed by atoms with Crippen molar-refractivity contribution >= 4 is 19.8 Å². The van der Waals surface area contributed by atoms with Crippen molar-refractivity contribution in [3.8, 4) is 0 Å². The van der Waals surface area contributed by atoms with Crippen LogP contribution in [0.2, 0.25) is 0 Å². The minimum absolute atomic E-state index is 0.0736. The second-order valence-electron chi connectivity index (χ2n) is 14.9. The molecule has 0 spiro atoms. The Balaban J connectivity index is 4.45. The van der Waals surface area contributed by atoms with Gasteiger partial charge in [0.15, 0.2) is 6.10 Å². The summed E-state index contributed by atoms with van der Waals surface area (Å²) in [4.78, 5) is 35.0. The van der Waals surface area contributed by atoms with Gasteiger partial charge < -0.3 is 29.7 Å². The van der Waals surface area contributed by atoms with Crippen LogP contribution >= 0.6 is 7.82 Å². The van der Waals surface area contributed by atoms with Crippen molar-refractivity contribution in [1.82, 2.24) is 0 Å². The molecule has 0 heterocycles. The number of aliphatic hydroxyl groups is 3. The third-order valence-electron chi connectivity index (χ3n) is 9.22. The lowest BCUT2D eigenvalue weighted by Crippen LogP contribution is -2.29. The largest absolute Gasteiger partial charge is 0.472 e. The first-order valence-electron chi connectivity index (χ1n) is 22.4. The maximum Gasteiger partial charge on any atom is 0.472 e. The van der Waals surface area contributed by atoms with E-state index in [0.29, 0.717) is 32.1 Å². The Labute approximate surface area is 351 Å². The van der Waals surface area contributed by atoms with E-state index in [1.807, 2.05) is 36.5 Å². The number of carbonyl (C=O) groups is 2. The molecular formula is C46H81O11P. The first-order chi connectivity index (χ1) is 28.1. The summed E-state index contributed by atoms with van der Waals surface area (Å²) < 4.78 is 32.6. The zero-order chi connectivity index (χ0) is 42.8. The number of hydrogen-bond donors (Lipinski definition) is 4. The molecule has 0 aliphatic carbocycles. The lowest BCUT2D eigenvalue weighted by Gasteiger charge is -2.20. The molecule has 336 valence electrons. The Hall–Kier alpha value is -2.37. The summed E-state index contributed by atoms with van der Waals surface area (Å²) in [5.74, 6) is -1.04. The molecule has 11 nitrogen and oxygen atoms in total. The van der Waals surface area contributed by atoms with E-state index in [2.05, 4.69) is 36.6 Å². The van der Waals surface area contributed by atoms with Gasteiger partial charge in [-0.15, -0.1) is 0 Å². The van der Waals surface area contributed by atoms with Gasteiger partial charge in [-0.1, -0.05) is 152 Å². The van der Waals surface area contributed by atoms with Gasteiger partial charge in [-0.05, 0) is 70.6 Å². The predicted octanol–water partition coefficient (Wildman–Crippen LogP) is 10.9. The zero-order valence-electron chi connectivity index (χ0n) is 36.1. The van der Waals surface area contributed by atoms with Crippen LogP contribution in [0.25, 0.3) is 0 Å². The van der Waals surface area contributed by atoms with Gasteiger partial charge in [0.05, 0.1) is 25.9 Å². The van der Waals surface area contributed by atoms with Gasteiger partial charge >= 0.3 is 19.8 Å². The highest BCUT2D eigenvalue weighted by Gasteiger charge is 2.27. The smallest absolute Gasteiger partial charge is 0.462 e. The molecule has 1 unspecified atom stereocenters. The standard InChI is InChI=1S/C46H81O11P/c1-3-5-7-9-11-12-13-14-15-16-17-18-19-20-24-28-32-36-45(50)54-40-44(41-56-58(52,53)55-39-43(49)38-47)57-46(51)37-33-29-25-22-21-23-27-31-35-42(48)34-30-26-10-8-6-4-2/h14-15,22-23,25-27,30-31,35,42-44,47-49H,3-13,16-21,24,28-29,32-34,36-41H2,1-2H3,(H,52,53)/b15-14-,25-22-,27-23-,30-26-,35-31+/t42-,43-,44+/m0/s1. The summed E-state index contributed by atoms with van der Waals surface area (Å²) in [5, 5.41) is 28.4. The van der Waals surface area contributed by atoms with Crippen molar-refractivity contribution in [2.24, 2.45) is 0 Å². The number of carbonyl (C=O) groups excluding carboxylic acids is 2. The summed E-state index contributed by atoms with van der Waals surface area (Å²) >= 11 is 0.